The Kier molecular flexibility index (Phi) is 4.38. The summed E-state index contributed by atoms with van der Waals surface area (Å²) in [4.78, 5) is 41.6. The summed E-state index contributed by atoms with van der Waals surface area (Å²) in [5.41, 5.74) is 1.67. The van der Waals surface area contributed by atoms with Crippen molar-refractivity contribution in [2.24, 2.45) is 10.9 Å². The molecule has 4 amide bonds. The van der Waals surface area contributed by atoms with Crippen molar-refractivity contribution >= 4 is 35.4 Å². The van der Waals surface area contributed by atoms with Gasteiger partial charge in [0.25, 0.3) is 5.91 Å². The van der Waals surface area contributed by atoms with Crippen molar-refractivity contribution in [1.82, 2.24) is 5.32 Å². The Balaban J connectivity index is 1.90. The third kappa shape index (κ3) is 3.30. The first-order valence-electron chi connectivity index (χ1n) is 7.51. The quantitative estimate of drug-likeness (QED) is 0.690. The lowest BCUT2D eigenvalue weighted by atomic mass is 10.1. The highest BCUT2D eigenvalue weighted by Gasteiger charge is 2.40. The number of halogens is 1. The van der Waals surface area contributed by atoms with Crippen LogP contribution in [0.5, 0.6) is 0 Å². The molecule has 1 N–H and O–H groups in total. The summed E-state index contributed by atoms with van der Waals surface area (Å²) < 4.78 is 13.1. The average molecular weight is 339 g/mol. The Morgan fingerprint density at radius 2 is 1.76 bits per heavy atom. The largest absolute Gasteiger partial charge is 0.335 e. The van der Waals surface area contributed by atoms with E-state index in [0.717, 1.165) is 22.6 Å². The van der Waals surface area contributed by atoms with Gasteiger partial charge in [-0.25, -0.2) is 14.1 Å². The molecule has 1 saturated heterocycles. The average Bonchev–Trinajstić information content (AvgIpc) is 2.57. The minimum Gasteiger partial charge on any atom is -0.276 e. The minimum absolute atomic E-state index is 0.172. The molecule has 0 aromatic heterocycles. The van der Waals surface area contributed by atoms with Crippen LogP contribution in [0.25, 0.3) is 0 Å². The van der Waals surface area contributed by atoms with Crippen molar-refractivity contribution in [3.05, 3.63) is 59.9 Å². The number of anilines is 1. The molecule has 0 aliphatic carbocycles. The Morgan fingerprint density at radius 3 is 2.44 bits per heavy atom. The minimum atomic E-state index is -1.25. The maximum absolute atomic E-state index is 13.1. The number of imide groups is 2. The number of urea groups is 1. The number of amides is 4. The summed E-state index contributed by atoms with van der Waals surface area (Å²) >= 11 is 0. The molecule has 1 fully saturated rings. The van der Waals surface area contributed by atoms with E-state index in [0.29, 0.717) is 5.69 Å². The Labute approximate surface area is 143 Å². The molecule has 1 aliphatic rings. The van der Waals surface area contributed by atoms with Gasteiger partial charge >= 0.3 is 6.03 Å². The molecule has 2 aromatic carbocycles. The molecule has 3 rings (SSSR count). The lowest BCUT2D eigenvalue weighted by Gasteiger charge is -2.28. The van der Waals surface area contributed by atoms with E-state index in [1.807, 2.05) is 19.1 Å². The van der Waals surface area contributed by atoms with Gasteiger partial charge in [0.15, 0.2) is 5.92 Å². The van der Waals surface area contributed by atoms with Crippen molar-refractivity contribution in [2.45, 2.75) is 6.92 Å². The third-order valence-corrected chi connectivity index (χ3v) is 3.77. The van der Waals surface area contributed by atoms with Crippen LogP contribution < -0.4 is 10.2 Å². The fraction of sp³-hybridized carbons (Fsp3) is 0.111. The second-order valence-electron chi connectivity index (χ2n) is 5.49. The molecular weight excluding hydrogens is 325 g/mol. The molecule has 0 unspecified atom stereocenters. The molecule has 2 aromatic rings. The Morgan fingerprint density at radius 1 is 1.08 bits per heavy atom. The summed E-state index contributed by atoms with van der Waals surface area (Å²) in [5, 5.41) is 2.12. The predicted octanol–water partition coefficient (Wildman–Crippen LogP) is 2.74. The number of rotatable bonds is 3. The van der Waals surface area contributed by atoms with E-state index in [2.05, 4.69) is 10.3 Å². The van der Waals surface area contributed by atoms with Gasteiger partial charge < -0.3 is 0 Å². The standard InChI is InChI=1S/C18H14FN3O3/c1-11-4-2-3-5-15(11)20-10-14-16(23)21-18(25)22(17(14)24)13-8-6-12(19)7-9-13/h2-10,14H,1H3,(H,21,23,25)/t14-/m1/s1. The maximum atomic E-state index is 13.1. The van der Waals surface area contributed by atoms with Gasteiger partial charge in [0.05, 0.1) is 11.4 Å². The zero-order valence-electron chi connectivity index (χ0n) is 13.3. The molecule has 126 valence electrons. The van der Waals surface area contributed by atoms with Gasteiger partial charge in [0.1, 0.15) is 5.82 Å². The maximum Gasteiger partial charge on any atom is 0.335 e. The van der Waals surface area contributed by atoms with Gasteiger partial charge in [0, 0.05) is 6.21 Å². The zero-order chi connectivity index (χ0) is 18.0. The number of aryl methyl sites for hydroxylation is 1. The first kappa shape index (κ1) is 16.5. The second-order valence-corrected chi connectivity index (χ2v) is 5.49. The molecule has 25 heavy (non-hydrogen) atoms. The molecule has 1 atom stereocenters. The van der Waals surface area contributed by atoms with Crippen LogP contribution in [0.1, 0.15) is 5.56 Å². The summed E-state index contributed by atoms with van der Waals surface area (Å²) in [5.74, 6) is -3.23. The van der Waals surface area contributed by atoms with Crippen LogP contribution in [0.15, 0.2) is 53.5 Å². The first-order chi connectivity index (χ1) is 12.0. The highest BCUT2D eigenvalue weighted by atomic mass is 19.1. The number of nitrogens with one attached hydrogen (secondary N) is 1. The van der Waals surface area contributed by atoms with Gasteiger partial charge in [0.2, 0.25) is 5.91 Å². The van der Waals surface area contributed by atoms with Crippen molar-refractivity contribution in [2.75, 3.05) is 4.90 Å². The van der Waals surface area contributed by atoms with Crippen LogP contribution in [-0.4, -0.2) is 24.1 Å². The normalized spacial score (nSPS) is 17.9. The summed E-state index contributed by atoms with van der Waals surface area (Å²) in [7, 11) is 0. The number of aliphatic imine (C=N–C) groups is 1. The van der Waals surface area contributed by atoms with E-state index >= 15 is 0 Å². The predicted molar refractivity (Wildman–Crippen MR) is 90.2 cm³/mol. The Hall–Kier alpha value is -3.35. The van der Waals surface area contributed by atoms with Gasteiger partial charge in [-0.05, 0) is 42.8 Å². The van der Waals surface area contributed by atoms with E-state index < -0.39 is 29.6 Å². The molecule has 0 bridgehead atoms. The van der Waals surface area contributed by atoms with Gasteiger partial charge in [-0.2, -0.15) is 0 Å². The van der Waals surface area contributed by atoms with E-state index in [9.17, 15) is 18.8 Å². The number of nitrogens with zero attached hydrogens (tertiary/aromatic N) is 2. The first-order valence-corrected chi connectivity index (χ1v) is 7.51. The number of barbiturate groups is 1. The molecule has 0 spiro atoms. The number of hydrogen-bond donors (Lipinski definition) is 1. The molecule has 7 heteroatoms. The number of carbonyl (C=O) groups is 3. The fourth-order valence-corrected chi connectivity index (χ4v) is 2.42. The van der Waals surface area contributed by atoms with Crippen LogP contribution in [0.3, 0.4) is 0 Å². The van der Waals surface area contributed by atoms with Crippen LogP contribution in [0, 0.1) is 18.7 Å². The van der Waals surface area contributed by atoms with Crippen LogP contribution in [0.4, 0.5) is 20.6 Å². The number of hydrogen-bond acceptors (Lipinski definition) is 4. The Bertz CT molecular complexity index is 877. The highest BCUT2D eigenvalue weighted by Crippen LogP contribution is 2.22. The van der Waals surface area contributed by atoms with Crippen molar-refractivity contribution in [3.63, 3.8) is 0 Å². The SMILES string of the molecule is Cc1ccccc1N=C[C@@H]1C(=O)NC(=O)N(c2ccc(F)cc2)C1=O. The second kappa shape index (κ2) is 6.64. The summed E-state index contributed by atoms with van der Waals surface area (Å²) in [6.45, 7) is 1.85. The van der Waals surface area contributed by atoms with Crippen molar-refractivity contribution < 1.29 is 18.8 Å². The van der Waals surface area contributed by atoms with E-state index in [1.165, 1.54) is 18.3 Å². The van der Waals surface area contributed by atoms with Crippen LogP contribution in [0.2, 0.25) is 0 Å². The van der Waals surface area contributed by atoms with Gasteiger partial charge in [-0.3, -0.25) is 19.9 Å². The molecular formula is C18H14FN3O3. The molecule has 0 saturated carbocycles. The van der Waals surface area contributed by atoms with E-state index in [4.69, 9.17) is 0 Å². The third-order valence-electron chi connectivity index (χ3n) is 3.77. The van der Waals surface area contributed by atoms with Gasteiger partial charge in [-0.15, -0.1) is 0 Å². The lowest BCUT2D eigenvalue weighted by Crippen LogP contribution is -2.58. The molecule has 1 aliphatic heterocycles. The highest BCUT2D eigenvalue weighted by molar-refractivity contribution is 6.32. The smallest absolute Gasteiger partial charge is 0.276 e. The summed E-state index contributed by atoms with van der Waals surface area (Å²) in [6, 6.07) is 11.2. The monoisotopic (exact) mass is 339 g/mol. The topological polar surface area (TPSA) is 78.8 Å². The molecule has 1 heterocycles. The fourth-order valence-electron chi connectivity index (χ4n) is 2.42. The molecule has 0 radical (unpaired) electrons. The van der Waals surface area contributed by atoms with E-state index in [-0.39, 0.29) is 5.69 Å². The van der Waals surface area contributed by atoms with Crippen molar-refractivity contribution in [1.29, 1.82) is 0 Å². The summed E-state index contributed by atoms with van der Waals surface area (Å²) in [6.07, 6.45) is 1.21. The van der Waals surface area contributed by atoms with E-state index in [1.54, 1.807) is 12.1 Å². The van der Waals surface area contributed by atoms with Crippen molar-refractivity contribution in [3.8, 4) is 0 Å². The number of para-hydroxylation sites is 1. The zero-order valence-corrected chi connectivity index (χ0v) is 13.3. The number of carbonyl (C=O) groups excluding carboxylic acids is 3. The number of benzene rings is 2. The van der Waals surface area contributed by atoms with Gasteiger partial charge in [-0.1, -0.05) is 18.2 Å². The molecule has 6 nitrogen and oxygen atoms in total. The lowest BCUT2D eigenvalue weighted by molar-refractivity contribution is -0.131. The van der Waals surface area contributed by atoms with Crippen LogP contribution >= 0.6 is 0 Å². The van der Waals surface area contributed by atoms with Crippen LogP contribution in [-0.2, 0) is 9.59 Å².